The molecule has 0 spiro atoms. The number of hydrogen-bond donors (Lipinski definition) is 0. The van der Waals surface area contributed by atoms with Crippen LogP contribution in [0.3, 0.4) is 0 Å². The second-order valence-corrected chi connectivity index (χ2v) is 8.90. The standard InChI is InChI=1S/C9H11NO.C9H7.C2H6Si.2ClH.Ti/c1-6-4-3-5-7(2)8(6)9(10)11;1-2-5-9-7-3-6-8(9)4-1;1-3-2;;;/h3-5H,1-2H3,(H2,10,11);1-7H;1-2H3;2*1H;/q;-1;;;;+2/p-3. The fourth-order valence-electron chi connectivity index (χ4n) is 2.24. The van der Waals surface area contributed by atoms with E-state index in [1.807, 2.05) is 32.0 Å². The Morgan fingerprint density at radius 3 is 1.92 bits per heavy atom. The molecule has 0 unspecified atom stereocenters. The second kappa shape index (κ2) is 15.1. The van der Waals surface area contributed by atoms with Crippen LogP contribution in [0.1, 0.15) is 21.5 Å². The summed E-state index contributed by atoms with van der Waals surface area (Å²) in [7, 11) is 10.9. The molecule has 1 N–H and O–H groups in total. The molecule has 0 aliphatic rings. The van der Waals surface area contributed by atoms with Crippen molar-refractivity contribution in [2.24, 2.45) is 0 Å². The maximum Gasteiger partial charge on any atom is -0.0809 e. The predicted octanol–water partition coefficient (Wildman–Crippen LogP) is 7.22. The summed E-state index contributed by atoms with van der Waals surface area (Å²) >= 11 is -0.556. The van der Waals surface area contributed by atoms with Gasteiger partial charge in [-0.2, -0.15) is 17.5 Å². The van der Waals surface area contributed by atoms with Crippen LogP contribution in [0.4, 0.5) is 0 Å². The molecule has 26 heavy (non-hydrogen) atoms. The molecule has 2 nitrogen and oxygen atoms in total. The van der Waals surface area contributed by atoms with Crippen LogP contribution in [0.2, 0.25) is 13.1 Å². The normalized spacial score (nSPS) is 8.85. The molecule has 0 atom stereocenters. The van der Waals surface area contributed by atoms with E-state index in [2.05, 4.69) is 55.6 Å². The maximum absolute atomic E-state index is 10.8. The van der Waals surface area contributed by atoms with Gasteiger partial charge in [0, 0.05) is 15.1 Å². The number of aryl methyl sites for hydroxylation is 2. The van der Waals surface area contributed by atoms with Crippen molar-refractivity contribution in [3.05, 3.63) is 83.1 Å². The smallest absolute Gasteiger partial charge is 0.0809 e. The molecule has 2 radical (unpaired) electrons. The molecule has 0 heterocycles. The van der Waals surface area contributed by atoms with Crippen molar-refractivity contribution in [3.8, 4) is 0 Å². The first-order chi connectivity index (χ1) is 12.4. The molecule has 3 aromatic carbocycles. The summed E-state index contributed by atoms with van der Waals surface area (Å²) in [5.74, 6) is -0.597. The Morgan fingerprint density at radius 2 is 1.50 bits per heavy atom. The Balaban J connectivity index is 0.000000374. The minimum atomic E-state index is -0.597. The molecule has 0 bridgehead atoms. The van der Waals surface area contributed by atoms with Gasteiger partial charge >= 0.3 is 35.6 Å². The van der Waals surface area contributed by atoms with E-state index >= 15 is 0 Å². The summed E-state index contributed by atoms with van der Waals surface area (Å²) in [5, 5.41) is 2.66. The summed E-state index contributed by atoms with van der Waals surface area (Å²) in [5.41, 5.74) is 9.26. The number of halogens is 2. The monoisotopic (exact) mass is 439 g/mol. The van der Waals surface area contributed by atoms with Crippen LogP contribution in [0.5, 0.6) is 0 Å². The van der Waals surface area contributed by atoms with Crippen molar-refractivity contribution < 1.29 is 21.8 Å². The van der Waals surface area contributed by atoms with Gasteiger partial charge in [-0.1, -0.05) is 37.4 Å². The number of carbonyl (C=O) groups is 1. The Hall–Kier alpha value is -0.969. The Bertz CT molecular complexity index is 725. The topological polar surface area (TPSA) is 40.9 Å². The maximum atomic E-state index is 10.8. The van der Waals surface area contributed by atoms with Gasteiger partial charge in [-0.15, -0.1) is 29.7 Å². The number of amides is 1. The molecule has 0 saturated carbocycles. The van der Waals surface area contributed by atoms with E-state index in [1.165, 1.54) is 10.8 Å². The van der Waals surface area contributed by atoms with Gasteiger partial charge in [-0.25, -0.2) is 0 Å². The molecule has 138 valence electrons. The number of fused-ring (bicyclic) bond motifs is 1. The number of benzene rings is 2. The van der Waals surface area contributed by atoms with E-state index in [1.54, 1.807) is 0 Å². The fourth-order valence-corrected chi connectivity index (χ4v) is 2.24. The van der Waals surface area contributed by atoms with Crippen LogP contribution in [0, 0.1) is 13.8 Å². The van der Waals surface area contributed by atoms with Gasteiger partial charge in [0.15, 0.2) is 0 Å². The average molecular weight is 440 g/mol. The Labute approximate surface area is 175 Å². The van der Waals surface area contributed by atoms with E-state index in [0.717, 1.165) is 20.6 Å². The quantitative estimate of drug-likeness (QED) is 0.291. The first-order valence-corrected chi connectivity index (χ1v) is 14.2. The van der Waals surface area contributed by atoms with E-state index in [9.17, 15) is 4.79 Å². The second-order valence-electron chi connectivity index (χ2n) is 5.32. The van der Waals surface area contributed by atoms with E-state index in [-0.39, 0.29) is 0 Å². The van der Waals surface area contributed by atoms with Crippen molar-refractivity contribution in [2.75, 3.05) is 0 Å². The van der Waals surface area contributed by atoms with Gasteiger partial charge in [-0.3, -0.25) is 0 Å². The number of carbonyl (C=O) groups excluding carboxylic acids is 1. The molecule has 0 saturated heterocycles. The number of hydrogen-bond acceptors (Lipinski definition) is 1. The Kier molecular flexibility index (Phi) is 14.6. The molecule has 3 aromatic rings. The minimum absolute atomic E-state index is 0.535. The SMILES string of the molecule is C[Si]C.Cc1cccc(C)c1C([NH-])=O.[Cl][Ti][Cl].c1ccc2[cH-]ccc2c1. The minimum Gasteiger partial charge on any atom is -0.168 e. The van der Waals surface area contributed by atoms with Crippen molar-refractivity contribution >= 4 is 44.8 Å². The summed E-state index contributed by atoms with van der Waals surface area (Å²) in [6.07, 6.45) is 0. The van der Waals surface area contributed by atoms with Crippen LogP contribution >= 0.6 is 18.6 Å². The van der Waals surface area contributed by atoms with Crippen molar-refractivity contribution in [1.82, 2.24) is 0 Å². The first-order valence-electron chi connectivity index (χ1n) is 7.90. The van der Waals surface area contributed by atoms with Gasteiger partial charge in [-0.05, 0) is 25.0 Å². The summed E-state index contributed by atoms with van der Waals surface area (Å²) in [4.78, 5) is 10.8. The van der Waals surface area contributed by atoms with Gasteiger partial charge in [0.05, 0.1) is 5.91 Å². The zero-order chi connectivity index (χ0) is 19.9. The molecule has 0 aliphatic carbocycles. The van der Waals surface area contributed by atoms with Crippen LogP contribution in [-0.4, -0.2) is 15.4 Å². The van der Waals surface area contributed by atoms with Gasteiger partial charge in [0.1, 0.15) is 0 Å². The molecule has 6 heteroatoms. The van der Waals surface area contributed by atoms with Gasteiger partial charge < -0.3 is 10.5 Å². The molecular formula is C20H23Cl2NOSiTi-2. The molecular weight excluding hydrogens is 417 g/mol. The van der Waals surface area contributed by atoms with Crippen molar-refractivity contribution in [1.29, 1.82) is 0 Å². The van der Waals surface area contributed by atoms with Crippen LogP contribution in [-0.2, 0) is 17.0 Å². The molecule has 3 rings (SSSR count). The summed E-state index contributed by atoms with van der Waals surface area (Å²) in [6.45, 7) is 7.99. The van der Waals surface area contributed by atoms with Crippen LogP contribution in [0.15, 0.2) is 60.7 Å². The Morgan fingerprint density at radius 1 is 1.00 bits per heavy atom. The van der Waals surface area contributed by atoms with E-state index in [0.29, 0.717) is 5.56 Å². The van der Waals surface area contributed by atoms with Crippen molar-refractivity contribution in [3.63, 3.8) is 0 Å². The third-order valence-electron chi connectivity index (χ3n) is 3.26. The molecule has 1 amide bonds. The number of nitrogens with one attached hydrogen (secondary N) is 1. The predicted molar refractivity (Wildman–Crippen MR) is 113 cm³/mol. The number of rotatable bonds is 1. The summed E-state index contributed by atoms with van der Waals surface area (Å²) in [6, 6.07) is 20.2. The third-order valence-corrected chi connectivity index (χ3v) is 3.26. The largest absolute Gasteiger partial charge is 0.168 e. The fraction of sp³-hybridized carbons (Fsp3) is 0.200. The molecule has 0 fully saturated rings. The summed E-state index contributed by atoms with van der Waals surface area (Å²) < 4.78 is 0. The van der Waals surface area contributed by atoms with Crippen LogP contribution < -0.4 is 0 Å². The zero-order valence-electron chi connectivity index (χ0n) is 15.4. The van der Waals surface area contributed by atoms with Gasteiger partial charge in [0.25, 0.3) is 0 Å². The molecule has 0 aliphatic heterocycles. The van der Waals surface area contributed by atoms with Crippen molar-refractivity contribution in [2.45, 2.75) is 26.9 Å². The van der Waals surface area contributed by atoms with E-state index < -0.39 is 22.9 Å². The third kappa shape index (κ3) is 9.65. The van der Waals surface area contributed by atoms with E-state index in [4.69, 9.17) is 24.3 Å². The van der Waals surface area contributed by atoms with Gasteiger partial charge in [0.2, 0.25) is 0 Å². The molecule has 0 aromatic heterocycles. The average Bonchev–Trinajstić information content (AvgIpc) is 3.05. The zero-order valence-corrected chi connectivity index (χ0v) is 19.5. The van der Waals surface area contributed by atoms with Crippen LogP contribution in [0.25, 0.3) is 16.5 Å². The first kappa shape index (κ1) is 25.0.